The molecule has 5 rings (SSSR count). The van der Waals surface area contributed by atoms with E-state index in [1.165, 1.54) is 55.3 Å². The molecule has 0 aliphatic heterocycles. The number of pyridine rings is 1. The van der Waals surface area contributed by atoms with Crippen LogP contribution < -0.4 is 0 Å². The van der Waals surface area contributed by atoms with Crippen molar-refractivity contribution in [3.05, 3.63) is 107 Å². The summed E-state index contributed by atoms with van der Waals surface area (Å²) in [6.07, 6.45) is 15.9. The van der Waals surface area contributed by atoms with Crippen LogP contribution in [0.15, 0.2) is 85.2 Å². The van der Waals surface area contributed by atoms with Crippen molar-refractivity contribution in [1.29, 1.82) is 0 Å². The quantitative estimate of drug-likeness (QED) is 0.298. The zero-order chi connectivity index (χ0) is 24.2. The number of benzene rings is 2. The molecule has 0 amide bonds. The Bertz CT molecular complexity index is 1170. The number of halogens is 1. The minimum absolute atomic E-state index is 0.559. The lowest BCUT2D eigenvalue weighted by Crippen LogP contribution is -2.37. The number of rotatable bonds is 8. The van der Waals surface area contributed by atoms with Gasteiger partial charge in [-0.2, -0.15) is 0 Å². The van der Waals surface area contributed by atoms with Gasteiger partial charge in [0.2, 0.25) is 0 Å². The topological polar surface area (TPSA) is 16.1 Å². The van der Waals surface area contributed by atoms with E-state index in [-0.39, 0.29) is 0 Å². The molecule has 2 nitrogen and oxygen atoms in total. The maximum atomic E-state index is 6.46. The molecule has 180 valence electrons. The third-order valence-corrected chi connectivity index (χ3v) is 7.77. The predicted molar refractivity (Wildman–Crippen MR) is 148 cm³/mol. The summed E-state index contributed by atoms with van der Waals surface area (Å²) >= 11 is 6.46. The minimum Gasteiger partial charge on any atom is -0.365 e. The van der Waals surface area contributed by atoms with Crippen LogP contribution in [-0.4, -0.2) is 22.0 Å². The third-order valence-electron chi connectivity index (χ3n) is 7.48. The first kappa shape index (κ1) is 23.9. The molecule has 1 unspecified atom stereocenters. The van der Waals surface area contributed by atoms with Crippen LogP contribution in [-0.2, 0) is 6.42 Å². The van der Waals surface area contributed by atoms with Gasteiger partial charge in [0.15, 0.2) is 0 Å². The zero-order valence-electron chi connectivity index (χ0n) is 20.7. The SMILES string of the molecule is C=C(c1ccc(-c2c(C)cncc2Cl)cc1)N(C1CC1)C1CCC/C(=C\CCc2ccccc2)C1. The molecule has 1 aromatic heterocycles. The summed E-state index contributed by atoms with van der Waals surface area (Å²) in [6.45, 7) is 6.66. The van der Waals surface area contributed by atoms with Crippen molar-refractivity contribution in [1.82, 2.24) is 9.88 Å². The first-order valence-corrected chi connectivity index (χ1v) is 13.4. The highest BCUT2D eigenvalue weighted by molar-refractivity contribution is 6.33. The van der Waals surface area contributed by atoms with Crippen LogP contribution in [0, 0.1) is 6.92 Å². The van der Waals surface area contributed by atoms with Crippen LogP contribution in [0.1, 0.15) is 61.6 Å². The fraction of sp³-hybridized carbons (Fsp3) is 0.344. The van der Waals surface area contributed by atoms with Gasteiger partial charge in [0, 0.05) is 35.7 Å². The van der Waals surface area contributed by atoms with Crippen LogP contribution in [0.2, 0.25) is 5.02 Å². The molecule has 35 heavy (non-hydrogen) atoms. The molecule has 2 saturated carbocycles. The van der Waals surface area contributed by atoms with Gasteiger partial charge >= 0.3 is 0 Å². The Kier molecular flexibility index (Phi) is 7.39. The van der Waals surface area contributed by atoms with Gasteiger partial charge in [-0.25, -0.2) is 0 Å². The fourth-order valence-electron chi connectivity index (χ4n) is 5.55. The van der Waals surface area contributed by atoms with E-state index in [4.69, 9.17) is 11.6 Å². The number of aromatic nitrogens is 1. The number of aryl methyl sites for hydroxylation is 2. The van der Waals surface area contributed by atoms with E-state index in [1.54, 1.807) is 11.8 Å². The molecule has 2 aliphatic rings. The molecule has 1 heterocycles. The van der Waals surface area contributed by atoms with E-state index in [0.29, 0.717) is 17.1 Å². The van der Waals surface area contributed by atoms with Gasteiger partial charge in [-0.15, -0.1) is 0 Å². The van der Waals surface area contributed by atoms with E-state index in [0.717, 1.165) is 29.5 Å². The molecule has 2 aromatic carbocycles. The number of hydrogen-bond donors (Lipinski definition) is 0. The standard InChI is InChI=1S/C32H35ClN2/c1-23-21-34-22-31(33)32(23)28-16-14-27(15-17-28)24(2)35(29-18-19-29)30-13-7-12-26(20-30)11-6-10-25-8-4-3-5-9-25/h3-5,8-9,11,14-17,21-22,29-30H,2,6-7,10,12-13,18-20H2,1H3/b26-11+. The molecule has 0 radical (unpaired) electrons. The van der Waals surface area contributed by atoms with E-state index < -0.39 is 0 Å². The monoisotopic (exact) mass is 482 g/mol. The summed E-state index contributed by atoms with van der Waals surface area (Å²) in [4.78, 5) is 6.86. The Balaban J connectivity index is 1.28. The van der Waals surface area contributed by atoms with Crippen molar-refractivity contribution in [2.24, 2.45) is 0 Å². The van der Waals surface area contributed by atoms with E-state index in [1.807, 2.05) is 6.20 Å². The van der Waals surface area contributed by atoms with Gasteiger partial charge in [0.1, 0.15) is 0 Å². The molecule has 0 spiro atoms. The van der Waals surface area contributed by atoms with Crippen molar-refractivity contribution in [3.63, 3.8) is 0 Å². The van der Waals surface area contributed by atoms with E-state index in [9.17, 15) is 0 Å². The first-order valence-electron chi connectivity index (χ1n) is 13.0. The van der Waals surface area contributed by atoms with Crippen LogP contribution in [0.3, 0.4) is 0 Å². The normalized spacial score (nSPS) is 19.0. The number of allylic oxidation sites excluding steroid dienone is 1. The number of hydrogen-bond acceptors (Lipinski definition) is 2. The molecule has 1 atom stereocenters. The summed E-state index contributed by atoms with van der Waals surface area (Å²) in [5.41, 5.74) is 8.74. The van der Waals surface area contributed by atoms with Crippen LogP contribution >= 0.6 is 11.6 Å². The van der Waals surface area contributed by atoms with Crippen molar-refractivity contribution in [2.45, 2.75) is 70.4 Å². The van der Waals surface area contributed by atoms with Crippen LogP contribution in [0.5, 0.6) is 0 Å². The van der Waals surface area contributed by atoms with Gasteiger partial charge < -0.3 is 4.90 Å². The lowest BCUT2D eigenvalue weighted by atomic mass is 9.88. The minimum atomic E-state index is 0.559. The Morgan fingerprint density at radius 3 is 2.51 bits per heavy atom. The molecule has 0 N–H and O–H groups in total. The lowest BCUT2D eigenvalue weighted by Gasteiger charge is -2.38. The zero-order valence-corrected chi connectivity index (χ0v) is 21.5. The molecular formula is C32H35ClN2. The Labute approximate surface area is 215 Å². The lowest BCUT2D eigenvalue weighted by molar-refractivity contribution is 0.247. The fourth-order valence-corrected chi connectivity index (χ4v) is 5.86. The average molecular weight is 483 g/mol. The van der Waals surface area contributed by atoms with E-state index in [2.05, 4.69) is 84.1 Å². The molecule has 3 heteroatoms. The van der Waals surface area contributed by atoms with Gasteiger partial charge in [0.05, 0.1) is 5.02 Å². The summed E-state index contributed by atoms with van der Waals surface area (Å²) in [5.74, 6) is 0. The predicted octanol–water partition coefficient (Wildman–Crippen LogP) is 8.65. The van der Waals surface area contributed by atoms with E-state index >= 15 is 0 Å². The highest BCUT2D eigenvalue weighted by Gasteiger charge is 2.36. The van der Waals surface area contributed by atoms with Gasteiger partial charge in [-0.05, 0) is 80.5 Å². The summed E-state index contributed by atoms with van der Waals surface area (Å²) < 4.78 is 0. The van der Waals surface area contributed by atoms with Crippen LogP contribution in [0.25, 0.3) is 16.8 Å². The third kappa shape index (κ3) is 5.70. The van der Waals surface area contributed by atoms with Gasteiger partial charge in [-0.1, -0.05) is 84.4 Å². The Morgan fingerprint density at radius 2 is 1.80 bits per heavy atom. The number of nitrogens with zero attached hydrogens (tertiary/aromatic N) is 2. The summed E-state index contributed by atoms with van der Waals surface area (Å²) in [6, 6.07) is 20.8. The highest BCUT2D eigenvalue weighted by Crippen LogP contribution is 2.41. The molecule has 3 aromatic rings. The van der Waals surface area contributed by atoms with Gasteiger partial charge in [-0.3, -0.25) is 4.98 Å². The molecule has 2 aliphatic carbocycles. The molecular weight excluding hydrogens is 448 g/mol. The highest BCUT2D eigenvalue weighted by atomic mass is 35.5. The Morgan fingerprint density at radius 1 is 1.03 bits per heavy atom. The van der Waals surface area contributed by atoms with Crippen molar-refractivity contribution < 1.29 is 0 Å². The van der Waals surface area contributed by atoms with Crippen LogP contribution in [0.4, 0.5) is 0 Å². The van der Waals surface area contributed by atoms with Crippen molar-refractivity contribution in [2.75, 3.05) is 0 Å². The maximum absolute atomic E-state index is 6.46. The average Bonchev–Trinajstić information content (AvgIpc) is 3.71. The van der Waals surface area contributed by atoms with Crippen molar-refractivity contribution in [3.8, 4) is 11.1 Å². The molecule has 2 fully saturated rings. The maximum Gasteiger partial charge on any atom is 0.0670 e. The summed E-state index contributed by atoms with van der Waals surface area (Å²) in [5, 5.41) is 0.699. The summed E-state index contributed by atoms with van der Waals surface area (Å²) in [7, 11) is 0. The molecule has 0 saturated heterocycles. The van der Waals surface area contributed by atoms with Crippen molar-refractivity contribution >= 4 is 17.3 Å². The smallest absolute Gasteiger partial charge is 0.0670 e. The second-order valence-electron chi connectivity index (χ2n) is 10.1. The second kappa shape index (κ2) is 10.8. The van der Waals surface area contributed by atoms with Gasteiger partial charge in [0.25, 0.3) is 0 Å². The Hall–Kier alpha value is -2.84. The second-order valence-corrected chi connectivity index (χ2v) is 10.5. The first-order chi connectivity index (χ1) is 17.1. The molecule has 0 bridgehead atoms. The largest absolute Gasteiger partial charge is 0.365 e.